The maximum atomic E-state index is 8.73. The van der Waals surface area contributed by atoms with Gasteiger partial charge in [0.25, 0.3) is 0 Å². The Hall–Kier alpha value is -2.19. The first-order chi connectivity index (χ1) is 8.29. The fraction of sp³-hybridized carbons (Fsp3) is 0.250. The van der Waals surface area contributed by atoms with Gasteiger partial charge in [-0.05, 0) is 17.7 Å². The largest absolute Gasteiger partial charge is 0.337 e. The van der Waals surface area contributed by atoms with E-state index in [0.717, 1.165) is 11.4 Å². The van der Waals surface area contributed by atoms with E-state index in [0.29, 0.717) is 18.8 Å². The molecule has 86 valence electrons. The lowest BCUT2D eigenvalue weighted by Crippen LogP contribution is -2.15. The molecule has 0 spiro atoms. The van der Waals surface area contributed by atoms with Crippen molar-refractivity contribution in [1.29, 1.82) is 5.26 Å². The van der Waals surface area contributed by atoms with Crippen molar-refractivity contribution >= 4 is 0 Å². The molecule has 2 aromatic rings. The number of nitrogens with zero attached hydrogens (tertiary/aromatic N) is 4. The number of aromatic nitrogens is 3. The number of imidazole rings is 1. The van der Waals surface area contributed by atoms with Gasteiger partial charge in [0.05, 0.1) is 6.54 Å². The monoisotopic (exact) mass is 227 g/mol. The van der Waals surface area contributed by atoms with Crippen LogP contribution in [0.2, 0.25) is 0 Å². The topological polar surface area (TPSA) is 66.5 Å². The Morgan fingerprint density at radius 1 is 1.35 bits per heavy atom. The minimum absolute atomic E-state index is 0.446. The molecule has 5 nitrogen and oxygen atoms in total. The van der Waals surface area contributed by atoms with E-state index >= 15 is 0 Å². The van der Waals surface area contributed by atoms with E-state index in [4.69, 9.17) is 5.26 Å². The Morgan fingerprint density at radius 3 is 2.94 bits per heavy atom. The van der Waals surface area contributed by atoms with Crippen LogP contribution >= 0.6 is 0 Å². The smallest absolute Gasteiger partial charge is 0.140 e. The van der Waals surface area contributed by atoms with Crippen molar-refractivity contribution in [3.8, 4) is 6.07 Å². The highest BCUT2D eigenvalue weighted by atomic mass is 15.1. The second-order valence-electron chi connectivity index (χ2n) is 3.72. The van der Waals surface area contributed by atoms with Crippen molar-refractivity contribution in [2.75, 3.05) is 0 Å². The van der Waals surface area contributed by atoms with Gasteiger partial charge in [0.1, 0.15) is 17.6 Å². The third-order valence-corrected chi connectivity index (χ3v) is 2.47. The molecule has 2 heterocycles. The summed E-state index contributed by atoms with van der Waals surface area (Å²) in [6.45, 7) is 1.40. The van der Waals surface area contributed by atoms with E-state index in [1.807, 2.05) is 29.9 Å². The number of aryl methyl sites for hydroxylation is 1. The van der Waals surface area contributed by atoms with Gasteiger partial charge < -0.3 is 9.88 Å². The van der Waals surface area contributed by atoms with Crippen LogP contribution in [-0.2, 0) is 20.1 Å². The summed E-state index contributed by atoms with van der Waals surface area (Å²) in [5.41, 5.74) is 1.49. The molecular weight excluding hydrogens is 214 g/mol. The van der Waals surface area contributed by atoms with Crippen molar-refractivity contribution < 1.29 is 0 Å². The van der Waals surface area contributed by atoms with Gasteiger partial charge in [0.15, 0.2) is 0 Å². The molecule has 0 radical (unpaired) electrons. The summed E-state index contributed by atoms with van der Waals surface area (Å²) < 4.78 is 1.97. The van der Waals surface area contributed by atoms with Crippen LogP contribution in [0, 0.1) is 11.3 Å². The molecule has 0 aliphatic heterocycles. The van der Waals surface area contributed by atoms with Crippen molar-refractivity contribution in [3.05, 3.63) is 47.8 Å². The molecule has 5 heteroatoms. The third-order valence-electron chi connectivity index (χ3n) is 2.47. The van der Waals surface area contributed by atoms with Crippen LogP contribution in [0.4, 0.5) is 0 Å². The average Bonchev–Trinajstić information content (AvgIpc) is 2.76. The Bertz CT molecular complexity index is 538. The summed E-state index contributed by atoms with van der Waals surface area (Å²) in [5, 5.41) is 12.0. The van der Waals surface area contributed by atoms with Crippen molar-refractivity contribution in [2.45, 2.75) is 13.1 Å². The predicted molar refractivity (Wildman–Crippen MR) is 62.7 cm³/mol. The summed E-state index contributed by atoms with van der Waals surface area (Å²) in [6.07, 6.45) is 5.34. The number of nitriles is 1. The summed E-state index contributed by atoms with van der Waals surface area (Å²) in [6, 6.07) is 5.70. The van der Waals surface area contributed by atoms with Crippen LogP contribution in [0.1, 0.15) is 17.1 Å². The second-order valence-corrected chi connectivity index (χ2v) is 3.72. The maximum Gasteiger partial charge on any atom is 0.140 e. The molecule has 0 amide bonds. The Morgan fingerprint density at radius 2 is 2.24 bits per heavy atom. The lowest BCUT2D eigenvalue weighted by Gasteiger charge is -2.05. The van der Waals surface area contributed by atoms with Gasteiger partial charge >= 0.3 is 0 Å². The van der Waals surface area contributed by atoms with Crippen molar-refractivity contribution in [1.82, 2.24) is 19.9 Å². The molecule has 0 aliphatic rings. The molecule has 0 aliphatic carbocycles. The minimum atomic E-state index is 0.446. The van der Waals surface area contributed by atoms with Crippen LogP contribution in [0.25, 0.3) is 0 Å². The molecule has 0 saturated carbocycles. The lowest BCUT2D eigenvalue weighted by atomic mass is 10.2. The van der Waals surface area contributed by atoms with Gasteiger partial charge in [0.2, 0.25) is 0 Å². The molecule has 2 rings (SSSR count). The lowest BCUT2D eigenvalue weighted by molar-refractivity contribution is 0.638. The fourth-order valence-electron chi connectivity index (χ4n) is 1.53. The van der Waals surface area contributed by atoms with Crippen molar-refractivity contribution in [3.63, 3.8) is 0 Å². The number of nitrogens with one attached hydrogen (secondary N) is 1. The fourth-order valence-corrected chi connectivity index (χ4v) is 1.53. The van der Waals surface area contributed by atoms with Gasteiger partial charge in [-0.3, -0.25) is 0 Å². The number of pyridine rings is 1. The molecule has 0 unspecified atom stereocenters. The van der Waals surface area contributed by atoms with Gasteiger partial charge in [0, 0.05) is 32.2 Å². The zero-order valence-electron chi connectivity index (χ0n) is 9.59. The second kappa shape index (κ2) is 5.23. The highest BCUT2D eigenvalue weighted by Gasteiger charge is 1.99. The van der Waals surface area contributed by atoms with Crippen LogP contribution in [0.3, 0.4) is 0 Å². The quantitative estimate of drug-likeness (QED) is 0.845. The summed E-state index contributed by atoms with van der Waals surface area (Å²) >= 11 is 0. The number of rotatable bonds is 4. The van der Waals surface area contributed by atoms with E-state index in [9.17, 15) is 0 Å². The Kier molecular flexibility index (Phi) is 3.48. The van der Waals surface area contributed by atoms with Crippen LogP contribution in [-0.4, -0.2) is 14.5 Å². The van der Waals surface area contributed by atoms with E-state index in [1.54, 1.807) is 18.5 Å². The standard InChI is InChI=1S/C12H13N5/c1-17-5-4-16-12(17)9-14-8-10-2-3-15-11(6-10)7-13/h2-6,14H,8-9H2,1H3. The molecule has 0 fully saturated rings. The summed E-state index contributed by atoms with van der Waals surface area (Å²) in [5.74, 6) is 0.986. The zero-order valence-corrected chi connectivity index (χ0v) is 9.59. The van der Waals surface area contributed by atoms with E-state index in [2.05, 4.69) is 15.3 Å². The Balaban J connectivity index is 1.90. The third kappa shape index (κ3) is 2.89. The van der Waals surface area contributed by atoms with Gasteiger partial charge in [-0.25, -0.2) is 9.97 Å². The molecule has 0 aromatic carbocycles. The van der Waals surface area contributed by atoms with Gasteiger partial charge in [-0.1, -0.05) is 0 Å². The van der Waals surface area contributed by atoms with E-state index in [-0.39, 0.29) is 0 Å². The molecule has 2 aromatic heterocycles. The number of hydrogen-bond donors (Lipinski definition) is 1. The Labute approximate surface area is 99.7 Å². The molecule has 1 N–H and O–H groups in total. The summed E-state index contributed by atoms with van der Waals surface area (Å²) in [7, 11) is 1.96. The minimum Gasteiger partial charge on any atom is -0.337 e. The zero-order chi connectivity index (χ0) is 12.1. The first kappa shape index (κ1) is 11.3. The highest BCUT2D eigenvalue weighted by molar-refractivity contribution is 5.25. The first-order valence-electron chi connectivity index (χ1n) is 5.31. The molecule has 0 atom stereocenters. The highest BCUT2D eigenvalue weighted by Crippen LogP contribution is 2.01. The first-order valence-corrected chi connectivity index (χ1v) is 5.31. The van der Waals surface area contributed by atoms with Gasteiger partial charge in [-0.2, -0.15) is 5.26 Å². The molecule has 0 saturated heterocycles. The van der Waals surface area contributed by atoms with Crippen LogP contribution in [0.15, 0.2) is 30.7 Å². The molecule has 17 heavy (non-hydrogen) atoms. The molecular formula is C12H13N5. The van der Waals surface area contributed by atoms with E-state index in [1.165, 1.54) is 0 Å². The molecule has 0 bridgehead atoms. The van der Waals surface area contributed by atoms with Crippen LogP contribution in [0.5, 0.6) is 0 Å². The maximum absolute atomic E-state index is 8.73. The van der Waals surface area contributed by atoms with Crippen molar-refractivity contribution in [2.24, 2.45) is 7.05 Å². The predicted octanol–water partition coefficient (Wildman–Crippen LogP) is 0.977. The average molecular weight is 227 g/mol. The SMILES string of the molecule is Cn1ccnc1CNCc1ccnc(C#N)c1. The van der Waals surface area contributed by atoms with Gasteiger partial charge in [-0.15, -0.1) is 0 Å². The van der Waals surface area contributed by atoms with E-state index < -0.39 is 0 Å². The normalized spacial score (nSPS) is 10.1. The van der Waals surface area contributed by atoms with Crippen LogP contribution < -0.4 is 5.32 Å². The summed E-state index contributed by atoms with van der Waals surface area (Å²) in [4.78, 5) is 8.14. The number of hydrogen-bond acceptors (Lipinski definition) is 4.